The van der Waals surface area contributed by atoms with Crippen molar-refractivity contribution in [2.45, 2.75) is 18.6 Å². The molecule has 0 saturated heterocycles. The lowest BCUT2D eigenvalue weighted by Gasteiger charge is -2.22. The molecule has 0 aromatic heterocycles. The van der Waals surface area contributed by atoms with Crippen molar-refractivity contribution >= 4 is 56.6 Å². The normalized spacial score (nSPS) is 11.3. The molecule has 5 nitrogen and oxygen atoms in total. The smallest absolute Gasteiger partial charge is 0.232 e. The first-order valence-corrected chi connectivity index (χ1v) is 12.8. The maximum Gasteiger partial charge on any atom is 0.232 e. The number of nitrogens with one attached hydrogen (secondary N) is 1. The molecule has 9 heteroatoms. The molecule has 0 aliphatic heterocycles. The molecule has 2 aromatic carbocycles. The monoisotopic (exact) mass is 474 g/mol. The van der Waals surface area contributed by atoms with Gasteiger partial charge in [0.1, 0.15) is 0 Å². The number of carbonyl (C=O) groups excluding carboxylic acids is 1. The van der Waals surface area contributed by atoms with E-state index in [0.717, 1.165) is 28.3 Å². The first-order valence-electron chi connectivity index (χ1n) is 9.08. The van der Waals surface area contributed by atoms with Crippen LogP contribution < -0.4 is 9.62 Å². The predicted octanol–water partition coefficient (Wildman–Crippen LogP) is 4.59. The van der Waals surface area contributed by atoms with E-state index in [2.05, 4.69) is 5.32 Å². The van der Waals surface area contributed by atoms with Crippen LogP contribution in [-0.2, 0) is 20.6 Å². The van der Waals surface area contributed by atoms with Crippen LogP contribution in [0.2, 0.25) is 10.0 Å². The molecule has 29 heavy (non-hydrogen) atoms. The average Bonchev–Trinajstić information content (AvgIpc) is 2.65. The molecule has 0 fully saturated rings. The number of hydrogen-bond acceptors (Lipinski definition) is 4. The van der Waals surface area contributed by atoms with E-state index in [0.29, 0.717) is 23.7 Å². The summed E-state index contributed by atoms with van der Waals surface area (Å²) in [6, 6.07) is 14.3. The third-order valence-corrected chi connectivity index (χ3v) is 6.72. The van der Waals surface area contributed by atoms with Crippen LogP contribution in [0.5, 0.6) is 0 Å². The summed E-state index contributed by atoms with van der Waals surface area (Å²) < 4.78 is 25.4. The van der Waals surface area contributed by atoms with E-state index in [4.69, 9.17) is 23.2 Å². The van der Waals surface area contributed by atoms with Crippen molar-refractivity contribution in [1.82, 2.24) is 5.32 Å². The Hall–Kier alpha value is -1.41. The number of halogens is 2. The fraction of sp³-hybridized carbons (Fsp3) is 0.350. The van der Waals surface area contributed by atoms with Gasteiger partial charge in [-0.2, -0.15) is 11.8 Å². The molecule has 0 aliphatic carbocycles. The Kier molecular flexibility index (Phi) is 9.62. The van der Waals surface area contributed by atoms with Gasteiger partial charge in [0.25, 0.3) is 0 Å². The molecule has 0 atom stereocenters. The van der Waals surface area contributed by atoms with Gasteiger partial charge in [0, 0.05) is 41.1 Å². The Labute approximate surface area is 186 Å². The fourth-order valence-electron chi connectivity index (χ4n) is 2.64. The van der Waals surface area contributed by atoms with Gasteiger partial charge in [-0.05, 0) is 48.4 Å². The second-order valence-corrected chi connectivity index (χ2v) is 10.3. The van der Waals surface area contributed by atoms with Gasteiger partial charge in [0.05, 0.1) is 11.9 Å². The number of anilines is 1. The molecule has 0 spiro atoms. The van der Waals surface area contributed by atoms with Crippen molar-refractivity contribution in [2.75, 3.05) is 29.4 Å². The van der Waals surface area contributed by atoms with E-state index in [1.165, 1.54) is 4.31 Å². The number of rotatable bonds is 11. The zero-order valence-corrected chi connectivity index (χ0v) is 19.3. The quantitative estimate of drug-likeness (QED) is 0.483. The van der Waals surface area contributed by atoms with Gasteiger partial charge in [0.15, 0.2) is 0 Å². The fourth-order valence-corrected chi connectivity index (χ4v) is 4.76. The molecule has 2 aromatic rings. The van der Waals surface area contributed by atoms with Crippen molar-refractivity contribution in [3.63, 3.8) is 0 Å². The highest BCUT2D eigenvalue weighted by Crippen LogP contribution is 2.21. The maximum atomic E-state index is 12.1. The Balaban J connectivity index is 1.69. The number of carbonyl (C=O) groups is 1. The number of hydrogen-bond donors (Lipinski definition) is 1. The van der Waals surface area contributed by atoms with Crippen molar-refractivity contribution in [2.24, 2.45) is 0 Å². The number of amides is 1. The van der Waals surface area contributed by atoms with Gasteiger partial charge in [-0.15, -0.1) is 0 Å². The molecular weight excluding hydrogens is 451 g/mol. The van der Waals surface area contributed by atoms with Crippen LogP contribution in [0.25, 0.3) is 0 Å². The lowest BCUT2D eigenvalue weighted by Crippen LogP contribution is -2.32. The third-order valence-electron chi connectivity index (χ3n) is 4.01. The Morgan fingerprint density at radius 2 is 1.83 bits per heavy atom. The van der Waals surface area contributed by atoms with E-state index >= 15 is 0 Å². The van der Waals surface area contributed by atoms with E-state index in [-0.39, 0.29) is 18.9 Å². The standard InChI is InChI=1S/C20H24Cl2N2O3S2/c1-29(26,27)24(19-9-7-17(21)8-10-19)12-3-6-20(25)23-11-13-28-15-16-4-2-5-18(22)14-16/h2,4-5,7-10,14H,3,6,11-13,15H2,1H3,(H,23,25). The zero-order chi connectivity index (χ0) is 21.3. The summed E-state index contributed by atoms with van der Waals surface area (Å²) in [5, 5.41) is 4.13. The van der Waals surface area contributed by atoms with E-state index in [1.54, 1.807) is 36.0 Å². The van der Waals surface area contributed by atoms with Crippen LogP contribution in [0.3, 0.4) is 0 Å². The van der Waals surface area contributed by atoms with E-state index in [1.807, 2.05) is 24.3 Å². The van der Waals surface area contributed by atoms with Crippen LogP contribution in [-0.4, -0.2) is 39.4 Å². The SMILES string of the molecule is CS(=O)(=O)N(CCCC(=O)NCCSCc1cccc(Cl)c1)c1ccc(Cl)cc1. The summed E-state index contributed by atoms with van der Waals surface area (Å²) in [6.07, 6.45) is 1.84. The summed E-state index contributed by atoms with van der Waals surface area (Å²) in [6.45, 7) is 0.800. The van der Waals surface area contributed by atoms with Gasteiger partial charge in [-0.25, -0.2) is 8.42 Å². The van der Waals surface area contributed by atoms with Crippen LogP contribution >= 0.6 is 35.0 Å². The molecule has 0 saturated carbocycles. The largest absolute Gasteiger partial charge is 0.355 e. The molecule has 0 radical (unpaired) electrons. The van der Waals surface area contributed by atoms with Gasteiger partial charge in [0.2, 0.25) is 15.9 Å². The third kappa shape index (κ3) is 8.86. The summed E-state index contributed by atoms with van der Waals surface area (Å²) in [4.78, 5) is 12.0. The van der Waals surface area contributed by atoms with E-state index in [9.17, 15) is 13.2 Å². The number of sulfonamides is 1. The average molecular weight is 475 g/mol. The highest BCUT2D eigenvalue weighted by Gasteiger charge is 2.17. The van der Waals surface area contributed by atoms with Crippen molar-refractivity contribution < 1.29 is 13.2 Å². The van der Waals surface area contributed by atoms with Crippen LogP contribution in [0.1, 0.15) is 18.4 Å². The summed E-state index contributed by atoms with van der Waals surface area (Å²) in [5.74, 6) is 1.54. The molecule has 2 rings (SSSR count). The topological polar surface area (TPSA) is 66.5 Å². The highest BCUT2D eigenvalue weighted by atomic mass is 35.5. The van der Waals surface area contributed by atoms with Crippen molar-refractivity contribution in [3.05, 3.63) is 64.1 Å². The molecule has 0 unspecified atom stereocenters. The first kappa shape index (κ1) is 23.9. The Morgan fingerprint density at radius 3 is 2.48 bits per heavy atom. The predicted molar refractivity (Wildman–Crippen MR) is 123 cm³/mol. The zero-order valence-electron chi connectivity index (χ0n) is 16.1. The maximum absolute atomic E-state index is 12.1. The molecule has 1 amide bonds. The minimum absolute atomic E-state index is 0.0853. The molecule has 0 aliphatic rings. The van der Waals surface area contributed by atoms with Crippen LogP contribution in [0.15, 0.2) is 48.5 Å². The van der Waals surface area contributed by atoms with Gasteiger partial charge in [-0.1, -0.05) is 35.3 Å². The Bertz CT molecular complexity index is 906. The van der Waals surface area contributed by atoms with Gasteiger partial charge >= 0.3 is 0 Å². The van der Waals surface area contributed by atoms with Gasteiger partial charge < -0.3 is 5.32 Å². The van der Waals surface area contributed by atoms with Crippen LogP contribution in [0.4, 0.5) is 5.69 Å². The number of nitrogens with zero attached hydrogens (tertiary/aromatic N) is 1. The van der Waals surface area contributed by atoms with Crippen LogP contribution in [0, 0.1) is 0 Å². The number of benzene rings is 2. The minimum Gasteiger partial charge on any atom is -0.355 e. The molecule has 1 N–H and O–H groups in total. The van der Waals surface area contributed by atoms with Crippen molar-refractivity contribution in [3.8, 4) is 0 Å². The second-order valence-electron chi connectivity index (χ2n) is 6.45. The van der Waals surface area contributed by atoms with Gasteiger partial charge in [-0.3, -0.25) is 9.10 Å². The molecular formula is C20H24Cl2N2O3S2. The first-order chi connectivity index (χ1) is 13.8. The molecule has 158 valence electrons. The number of thioether (sulfide) groups is 1. The van der Waals surface area contributed by atoms with Crippen molar-refractivity contribution in [1.29, 1.82) is 0 Å². The second kappa shape index (κ2) is 11.7. The van der Waals surface area contributed by atoms with E-state index < -0.39 is 10.0 Å². The molecule has 0 bridgehead atoms. The molecule has 0 heterocycles. The minimum atomic E-state index is -3.44. The summed E-state index contributed by atoms with van der Waals surface area (Å²) in [5.41, 5.74) is 1.69. The lowest BCUT2D eigenvalue weighted by molar-refractivity contribution is -0.121. The summed E-state index contributed by atoms with van der Waals surface area (Å²) in [7, 11) is -3.44. The lowest BCUT2D eigenvalue weighted by atomic mass is 10.2. The summed E-state index contributed by atoms with van der Waals surface area (Å²) >= 11 is 13.5. The highest BCUT2D eigenvalue weighted by molar-refractivity contribution is 7.98. The Morgan fingerprint density at radius 1 is 1.10 bits per heavy atom.